The number of carboxylic acids is 1. The number of aromatic carboxylic acids is 1. The monoisotopic (exact) mass is 449 g/mol. The van der Waals surface area contributed by atoms with Crippen molar-refractivity contribution in [3.63, 3.8) is 0 Å². The number of ether oxygens (including phenoxy) is 1. The van der Waals surface area contributed by atoms with Gasteiger partial charge in [-0.3, -0.25) is 14.7 Å². The van der Waals surface area contributed by atoms with Crippen LogP contribution in [0.3, 0.4) is 0 Å². The average Bonchev–Trinajstić information content (AvgIpc) is 3.33. The van der Waals surface area contributed by atoms with E-state index in [2.05, 4.69) is 51.9 Å². The molecule has 0 radical (unpaired) electrons. The van der Waals surface area contributed by atoms with Crippen LogP contribution in [0.4, 0.5) is 0 Å². The van der Waals surface area contributed by atoms with E-state index >= 15 is 0 Å². The summed E-state index contributed by atoms with van der Waals surface area (Å²) in [6.07, 6.45) is 1.88. The fourth-order valence-corrected chi connectivity index (χ4v) is 3.46. The second kappa shape index (κ2) is 11.6. The maximum Gasteiger partial charge on any atom is 0.353 e. The van der Waals surface area contributed by atoms with Gasteiger partial charge >= 0.3 is 11.9 Å². The number of hydrogen-bond acceptors (Lipinski definition) is 5. The van der Waals surface area contributed by atoms with Crippen molar-refractivity contribution in [2.75, 3.05) is 6.61 Å². The van der Waals surface area contributed by atoms with Crippen LogP contribution in [0.15, 0.2) is 60.7 Å². The molecule has 33 heavy (non-hydrogen) atoms. The van der Waals surface area contributed by atoms with E-state index in [0.29, 0.717) is 25.9 Å². The first-order valence-electron chi connectivity index (χ1n) is 10.9. The molecule has 1 heterocycles. The van der Waals surface area contributed by atoms with Gasteiger partial charge in [0.25, 0.3) is 5.91 Å². The van der Waals surface area contributed by atoms with E-state index in [4.69, 9.17) is 9.84 Å². The highest BCUT2D eigenvalue weighted by atomic mass is 16.5. The SMILES string of the molecule is CCOC(=O)CC[C@@H](CCc1ccc(-c2ccccc2)cc1)NC(=O)c1cc(C(=O)O)[nH]n1. The van der Waals surface area contributed by atoms with Gasteiger partial charge in [0.1, 0.15) is 5.69 Å². The summed E-state index contributed by atoms with van der Waals surface area (Å²) in [5.74, 6) is -2.01. The third-order valence-electron chi connectivity index (χ3n) is 5.22. The Morgan fingerprint density at radius 2 is 1.73 bits per heavy atom. The predicted octanol–water partition coefficient (Wildman–Crippen LogP) is 3.85. The van der Waals surface area contributed by atoms with Crippen LogP contribution in [-0.2, 0) is 16.0 Å². The Labute approximate surface area is 192 Å². The van der Waals surface area contributed by atoms with E-state index in [1.54, 1.807) is 6.92 Å². The van der Waals surface area contributed by atoms with Crippen LogP contribution in [-0.4, -0.2) is 45.8 Å². The van der Waals surface area contributed by atoms with E-state index < -0.39 is 11.9 Å². The molecule has 1 atom stereocenters. The van der Waals surface area contributed by atoms with Gasteiger partial charge in [0.15, 0.2) is 5.69 Å². The predicted molar refractivity (Wildman–Crippen MR) is 123 cm³/mol. The van der Waals surface area contributed by atoms with Crippen LogP contribution in [0.5, 0.6) is 0 Å². The molecule has 8 nitrogen and oxygen atoms in total. The molecule has 1 amide bonds. The molecule has 0 saturated carbocycles. The van der Waals surface area contributed by atoms with Crippen molar-refractivity contribution in [1.82, 2.24) is 15.5 Å². The number of aromatic amines is 1. The van der Waals surface area contributed by atoms with Crippen molar-refractivity contribution in [2.24, 2.45) is 0 Å². The number of benzene rings is 2. The van der Waals surface area contributed by atoms with E-state index in [0.717, 1.165) is 16.7 Å². The fourth-order valence-electron chi connectivity index (χ4n) is 3.46. The molecule has 0 fully saturated rings. The number of esters is 1. The number of carbonyl (C=O) groups excluding carboxylic acids is 2. The van der Waals surface area contributed by atoms with Gasteiger partial charge in [0.2, 0.25) is 0 Å². The Kier molecular flexibility index (Phi) is 8.35. The highest BCUT2D eigenvalue weighted by Gasteiger charge is 2.19. The molecule has 1 aromatic heterocycles. The Hall–Kier alpha value is -3.94. The number of aryl methyl sites for hydroxylation is 1. The maximum atomic E-state index is 12.6. The Morgan fingerprint density at radius 3 is 2.36 bits per heavy atom. The summed E-state index contributed by atoms with van der Waals surface area (Å²) < 4.78 is 5.00. The zero-order valence-electron chi connectivity index (χ0n) is 18.4. The number of carbonyl (C=O) groups is 3. The number of aromatic nitrogens is 2. The quantitative estimate of drug-likeness (QED) is 0.382. The summed E-state index contributed by atoms with van der Waals surface area (Å²) in [6, 6.07) is 19.2. The lowest BCUT2D eigenvalue weighted by molar-refractivity contribution is -0.143. The van der Waals surface area contributed by atoms with Gasteiger partial charge in [0, 0.05) is 18.5 Å². The third kappa shape index (κ3) is 7.03. The lowest BCUT2D eigenvalue weighted by Crippen LogP contribution is -2.36. The van der Waals surface area contributed by atoms with E-state index in [1.807, 2.05) is 18.2 Å². The van der Waals surface area contributed by atoms with Gasteiger partial charge in [0.05, 0.1) is 6.61 Å². The largest absolute Gasteiger partial charge is 0.477 e. The molecule has 0 aliphatic heterocycles. The fraction of sp³-hybridized carbons (Fsp3) is 0.280. The average molecular weight is 450 g/mol. The van der Waals surface area contributed by atoms with Gasteiger partial charge in [-0.1, -0.05) is 54.6 Å². The highest BCUT2D eigenvalue weighted by molar-refractivity contribution is 5.95. The first-order chi connectivity index (χ1) is 16.0. The molecular weight excluding hydrogens is 422 g/mol. The molecule has 0 aliphatic carbocycles. The molecule has 8 heteroatoms. The summed E-state index contributed by atoms with van der Waals surface area (Å²) in [6.45, 7) is 2.04. The summed E-state index contributed by atoms with van der Waals surface area (Å²) in [4.78, 5) is 35.4. The van der Waals surface area contributed by atoms with Crippen molar-refractivity contribution in [1.29, 1.82) is 0 Å². The van der Waals surface area contributed by atoms with Crippen LogP contribution >= 0.6 is 0 Å². The second-order valence-electron chi connectivity index (χ2n) is 7.59. The van der Waals surface area contributed by atoms with Gasteiger partial charge in [-0.25, -0.2) is 4.79 Å². The van der Waals surface area contributed by atoms with E-state index in [9.17, 15) is 14.4 Å². The molecule has 3 aromatic rings. The summed E-state index contributed by atoms with van der Waals surface area (Å²) in [5, 5.41) is 18.0. The van der Waals surface area contributed by atoms with Crippen molar-refractivity contribution < 1.29 is 24.2 Å². The van der Waals surface area contributed by atoms with Crippen molar-refractivity contribution in [3.05, 3.63) is 77.6 Å². The first kappa shape index (κ1) is 23.7. The number of carboxylic acid groups (broad SMARTS) is 1. The highest BCUT2D eigenvalue weighted by Crippen LogP contribution is 2.20. The Balaban J connectivity index is 1.63. The van der Waals surface area contributed by atoms with Crippen LogP contribution in [0.25, 0.3) is 11.1 Å². The lowest BCUT2D eigenvalue weighted by atomic mass is 9.99. The second-order valence-corrected chi connectivity index (χ2v) is 7.59. The third-order valence-corrected chi connectivity index (χ3v) is 5.22. The molecule has 0 saturated heterocycles. The molecule has 0 spiro atoms. The van der Waals surface area contributed by atoms with Crippen LogP contribution in [0, 0.1) is 0 Å². The van der Waals surface area contributed by atoms with Crippen molar-refractivity contribution >= 4 is 17.8 Å². The maximum absolute atomic E-state index is 12.6. The molecular formula is C25H27N3O5. The van der Waals surface area contributed by atoms with Gasteiger partial charge in [-0.2, -0.15) is 5.10 Å². The van der Waals surface area contributed by atoms with Crippen LogP contribution in [0.2, 0.25) is 0 Å². The summed E-state index contributed by atoms with van der Waals surface area (Å²) in [5.41, 5.74) is 3.20. The summed E-state index contributed by atoms with van der Waals surface area (Å²) >= 11 is 0. The minimum Gasteiger partial charge on any atom is -0.477 e. The minimum atomic E-state index is -1.20. The van der Waals surface area contributed by atoms with Gasteiger partial charge in [-0.05, 0) is 42.9 Å². The molecule has 0 aliphatic rings. The molecule has 0 unspecified atom stereocenters. The Bertz CT molecular complexity index is 1080. The van der Waals surface area contributed by atoms with Crippen molar-refractivity contribution in [3.8, 4) is 11.1 Å². The first-order valence-corrected chi connectivity index (χ1v) is 10.9. The van der Waals surface area contributed by atoms with Gasteiger partial charge < -0.3 is 15.2 Å². The molecule has 3 N–H and O–H groups in total. The number of hydrogen-bond donors (Lipinski definition) is 3. The van der Waals surface area contributed by atoms with Gasteiger partial charge in [-0.15, -0.1) is 0 Å². The van der Waals surface area contributed by atoms with E-state index in [-0.39, 0.29) is 29.8 Å². The van der Waals surface area contributed by atoms with E-state index in [1.165, 1.54) is 6.07 Å². The van der Waals surface area contributed by atoms with Crippen molar-refractivity contribution in [2.45, 2.75) is 38.6 Å². The number of H-pyrrole nitrogens is 1. The summed E-state index contributed by atoms with van der Waals surface area (Å²) in [7, 11) is 0. The van der Waals surface area contributed by atoms with Crippen LogP contribution < -0.4 is 5.32 Å². The lowest BCUT2D eigenvalue weighted by Gasteiger charge is -2.18. The number of amides is 1. The standard InChI is InChI=1S/C25H27N3O5/c1-2-33-23(29)15-14-20(26-24(30)21-16-22(25(31)32)28-27-21)13-10-17-8-11-19(12-9-17)18-6-4-3-5-7-18/h3-9,11-12,16,20H,2,10,13-15H2,1H3,(H,26,30)(H,27,28)(H,31,32)/t20-/m1/s1. The zero-order chi connectivity index (χ0) is 23.6. The molecule has 2 aromatic carbocycles. The smallest absolute Gasteiger partial charge is 0.353 e. The normalized spacial score (nSPS) is 11.5. The Morgan fingerprint density at radius 1 is 1.03 bits per heavy atom. The van der Waals surface area contributed by atoms with Crippen LogP contribution in [0.1, 0.15) is 52.7 Å². The number of nitrogens with zero attached hydrogens (tertiary/aromatic N) is 1. The molecule has 0 bridgehead atoms. The number of nitrogens with one attached hydrogen (secondary N) is 2. The minimum absolute atomic E-state index is 0.0132. The zero-order valence-corrected chi connectivity index (χ0v) is 18.4. The number of rotatable bonds is 11. The topological polar surface area (TPSA) is 121 Å². The molecule has 172 valence electrons. The molecule has 3 rings (SSSR count).